The van der Waals surface area contributed by atoms with Crippen molar-refractivity contribution in [1.82, 2.24) is 5.32 Å². The molecule has 0 heterocycles. The molecule has 0 saturated heterocycles. The van der Waals surface area contributed by atoms with Gasteiger partial charge in [0.15, 0.2) is 0 Å². The number of carbonyl (C=O) groups is 1. The van der Waals surface area contributed by atoms with Crippen molar-refractivity contribution in [3.8, 4) is 5.75 Å². The average molecular weight is 602 g/mol. The standard InChI is InChI=1S/C34H42F3NO5/c1-2-3-4-5-12-21-42-31-18-17-27(22-30(31)34(35,36)37)19-20-33(25-39,26-41-23-28-13-8-6-9-14-28)38-32(40)43-24-29-15-10-7-11-16-29/h6-11,13-18,22,39H,2-5,12,19-21,23-26H2,1H3,(H,38,40). The van der Waals surface area contributed by atoms with Gasteiger partial charge in [0.2, 0.25) is 0 Å². The third-order valence-electron chi connectivity index (χ3n) is 7.12. The van der Waals surface area contributed by atoms with Gasteiger partial charge in [-0.1, -0.05) is 99.3 Å². The van der Waals surface area contributed by atoms with Crippen LogP contribution in [0.5, 0.6) is 5.75 Å². The molecule has 0 aliphatic rings. The highest BCUT2D eigenvalue weighted by atomic mass is 19.4. The number of hydrogen-bond acceptors (Lipinski definition) is 5. The lowest BCUT2D eigenvalue weighted by molar-refractivity contribution is -0.139. The second-order valence-electron chi connectivity index (χ2n) is 10.7. The van der Waals surface area contributed by atoms with Crippen LogP contribution in [0.15, 0.2) is 78.9 Å². The molecule has 3 rings (SSSR count). The second kappa shape index (κ2) is 17.5. The van der Waals surface area contributed by atoms with Crippen LogP contribution in [-0.4, -0.2) is 36.6 Å². The number of ether oxygens (including phenoxy) is 3. The lowest BCUT2D eigenvalue weighted by Gasteiger charge is -2.32. The monoisotopic (exact) mass is 601 g/mol. The fraction of sp³-hybridized carbons (Fsp3) is 0.441. The molecule has 0 aliphatic heterocycles. The maximum Gasteiger partial charge on any atom is 0.419 e. The normalized spacial score (nSPS) is 12.9. The summed E-state index contributed by atoms with van der Waals surface area (Å²) in [5.41, 5.74) is -0.0619. The van der Waals surface area contributed by atoms with Gasteiger partial charge < -0.3 is 24.6 Å². The van der Waals surface area contributed by atoms with Gasteiger partial charge in [0.25, 0.3) is 0 Å². The van der Waals surface area contributed by atoms with Crippen molar-refractivity contribution >= 4 is 6.09 Å². The van der Waals surface area contributed by atoms with E-state index in [1.807, 2.05) is 60.7 Å². The number of rotatable bonds is 18. The topological polar surface area (TPSA) is 77.0 Å². The van der Waals surface area contributed by atoms with Gasteiger partial charge >= 0.3 is 12.3 Å². The first-order valence-electron chi connectivity index (χ1n) is 14.8. The van der Waals surface area contributed by atoms with Crippen LogP contribution < -0.4 is 10.1 Å². The molecule has 3 aromatic carbocycles. The number of benzene rings is 3. The van der Waals surface area contributed by atoms with E-state index in [0.29, 0.717) is 12.0 Å². The van der Waals surface area contributed by atoms with Crippen molar-refractivity contribution in [3.63, 3.8) is 0 Å². The summed E-state index contributed by atoms with van der Waals surface area (Å²) < 4.78 is 58.6. The number of aliphatic hydroxyl groups excluding tert-OH is 1. The Hall–Kier alpha value is -3.56. The predicted molar refractivity (Wildman–Crippen MR) is 160 cm³/mol. The van der Waals surface area contributed by atoms with Crippen LogP contribution in [0.1, 0.15) is 67.7 Å². The first-order valence-corrected chi connectivity index (χ1v) is 14.8. The zero-order valence-electron chi connectivity index (χ0n) is 24.7. The number of nitrogens with one attached hydrogen (secondary N) is 1. The van der Waals surface area contributed by atoms with Gasteiger partial charge in [-0.15, -0.1) is 0 Å². The minimum atomic E-state index is -4.60. The summed E-state index contributed by atoms with van der Waals surface area (Å²) in [5, 5.41) is 13.2. The molecule has 0 radical (unpaired) electrons. The molecule has 1 atom stereocenters. The lowest BCUT2D eigenvalue weighted by atomic mass is 9.92. The highest BCUT2D eigenvalue weighted by molar-refractivity contribution is 5.68. The van der Waals surface area contributed by atoms with Gasteiger partial charge in [-0.2, -0.15) is 13.2 Å². The fourth-order valence-corrected chi connectivity index (χ4v) is 4.60. The summed E-state index contributed by atoms with van der Waals surface area (Å²) >= 11 is 0. The van der Waals surface area contributed by atoms with E-state index in [9.17, 15) is 23.1 Å². The van der Waals surface area contributed by atoms with Gasteiger partial charge in [-0.3, -0.25) is 0 Å². The number of unbranched alkanes of at least 4 members (excludes halogenated alkanes) is 4. The maximum absolute atomic E-state index is 14.0. The number of aliphatic hydroxyl groups is 1. The molecule has 43 heavy (non-hydrogen) atoms. The quantitative estimate of drug-likeness (QED) is 0.145. The van der Waals surface area contributed by atoms with Crippen molar-refractivity contribution in [2.24, 2.45) is 0 Å². The van der Waals surface area contributed by atoms with Crippen molar-refractivity contribution < 1.29 is 37.3 Å². The molecule has 2 N–H and O–H groups in total. The van der Waals surface area contributed by atoms with Gasteiger partial charge in [0, 0.05) is 0 Å². The minimum Gasteiger partial charge on any atom is -0.493 e. The molecule has 0 aromatic heterocycles. The molecule has 0 saturated carbocycles. The molecular weight excluding hydrogens is 559 g/mol. The van der Waals surface area contributed by atoms with E-state index in [0.717, 1.165) is 42.9 Å². The summed E-state index contributed by atoms with van der Waals surface area (Å²) in [6.07, 6.45) is -0.324. The SMILES string of the molecule is CCCCCCCOc1ccc(CCC(CO)(COCc2ccccc2)NC(=O)OCc2ccccc2)cc1C(F)(F)F. The number of alkyl carbamates (subject to hydrolysis) is 1. The first-order chi connectivity index (χ1) is 20.7. The van der Waals surface area contributed by atoms with Crippen molar-refractivity contribution in [3.05, 3.63) is 101 Å². The third kappa shape index (κ3) is 11.9. The Kier molecular flexibility index (Phi) is 13.8. The van der Waals surface area contributed by atoms with E-state index < -0.39 is 30.0 Å². The molecule has 0 spiro atoms. The molecule has 1 unspecified atom stereocenters. The van der Waals surface area contributed by atoms with Crippen LogP contribution in [-0.2, 0) is 35.3 Å². The van der Waals surface area contributed by atoms with E-state index in [1.54, 1.807) is 6.07 Å². The van der Waals surface area contributed by atoms with Gasteiger partial charge in [0.05, 0.1) is 37.5 Å². The van der Waals surface area contributed by atoms with Crippen LogP contribution >= 0.6 is 0 Å². The Morgan fingerprint density at radius 3 is 2.12 bits per heavy atom. The average Bonchev–Trinajstić information content (AvgIpc) is 3.01. The van der Waals surface area contributed by atoms with Crippen LogP contribution in [0.25, 0.3) is 0 Å². The zero-order chi connectivity index (χ0) is 31.0. The molecule has 0 fully saturated rings. The zero-order valence-corrected chi connectivity index (χ0v) is 24.7. The highest BCUT2D eigenvalue weighted by Crippen LogP contribution is 2.37. The largest absolute Gasteiger partial charge is 0.493 e. The second-order valence-corrected chi connectivity index (χ2v) is 10.7. The van der Waals surface area contributed by atoms with Gasteiger partial charge in [0.1, 0.15) is 12.4 Å². The number of hydrogen-bond donors (Lipinski definition) is 2. The highest BCUT2D eigenvalue weighted by Gasteiger charge is 2.36. The number of amides is 1. The molecule has 0 aliphatic carbocycles. The summed E-state index contributed by atoms with van der Waals surface area (Å²) in [6.45, 7) is 1.98. The van der Waals surface area contributed by atoms with Crippen LogP contribution in [0.3, 0.4) is 0 Å². The third-order valence-corrected chi connectivity index (χ3v) is 7.12. The van der Waals surface area contributed by atoms with Gasteiger partial charge in [-0.05, 0) is 48.1 Å². The van der Waals surface area contributed by atoms with Crippen LogP contribution in [0.2, 0.25) is 0 Å². The summed E-state index contributed by atoms with van der Waals surface area (Å²) in [6, 6.07) is 22.5. The summed E-state index contributed by atoms with van der Waals surface area (Å²) in [4.78, 5) is 12.8. The molecule has 3 aromatic rings. The summed E-state index contributed by atoms with van der Waals surface area (Å²) in [5.74, 6) is -0.200. The number of aryl methyl sites for hydroxylation is 1. The van der Waals surface area contributed by atoms with E-state index in [1.165, 1.54) is 6.07 Å². The van der Waals surface area contributed by atoms with Crippen molar-refractivity contribution in [2.75, 3.05) is 19.8 Å². The van der Waals surface area contributed by atoms with E-state index in [-0.39, 0.29) is 45.0 Å². The van der Waals surface area contributed by atoms with Crippen molar-refractivity contribution in [2.45, 2.75) is 76.8 Å². The molecule has 234 valence electrons. The van der Waals surface area contributed by atoms with Crippen LogP contribution in [0, 0.1) is 0 Å². The Bertz CT molecular complexity index is 1220. The maximum atomic E-state index is 14.0. The minimum absolute atomic E-state index is 0.0219. The summed E-state index contributed by atoms with van der Waals surface area (Å²) in [7, 11) is 0. The predicted octanol–water partition coefficient (Wildman–Crippen LogP) is 7.86. The molecule has 0 bridgehead atoms. The number of halogens is 3. The molecular formula is C34H42F3NO5. The van der Waals surface area contributed by atoms with E-state index in [2.05, 4.69) is 12.2 Å². The lowest BCUT2D eigenvalue weighted by Crippen LogP contribution is -2.55. The van der Waals surface area contributed by atoms with E-state index >= 15 is 0 Å². The van der Waals surface area contributed by atoms with Crippen molar-refractivity contribution in [1.29, 1.82) is 0 Å². The Labute approximate surface area is 252 Å². The first kappa shape index (κ1) is 33.9. The van der Waals surface area contributed by atoms with Crippen LogP contribution in [0.4, 0.5) is 18.0 Å². The smallest absolute Gasteiger partial charge is 0.419 e. The Morgan fingerprint density at radius 1 is 0.837 bits per heavy atom. The Balaban J connectivity index is 1.70. The number of carbonyl (C=O) groups excluding carboxylic acids is 1. The van der Waals surface area contributed by atoms with Gasteiger partial charge in [-0.25, -0.2) is 4.79 Å². The fourth-order valence-electron chi connectivity index (χ4n) is 4.60. The Morgan fingerprint density at radius 2 is 1.49 bits per heavy atom. The molecule has 6 nitrogen and oxygen atoms in total. The van der Waals surface area contributed by atoms with E-state index in [4.69, 9.17) is 14.2 Å². The number of alkyl halides is 3. The molecule has 1 amide bonds. The molecule has 9 heteroatoms.